The number of hydrogen-bond acceptors (Lipinski definition) is 0. The Morgan fingerprint density at radius 2 is 0.707 bits per heavy atom. The van der Waals surface area contributed by atoms with Crippen molar-refractivity contribution in [2.24, 2.45) is 0 Å². The number of rotatable bonds is 10. The molecule has 0 nitrogen and oxygen atoms in total. The average Bonchev–Trinajstić information content (AvgIpc) is 1.82. The summed E-state index contributed by atoms with van der Waals surface area (Å²) in [6.07, 6.45) is 6.09. The highest BCUT2D eigenvalue weighted by atomic mass is 28.3. The highest BCUT2D eigenvalue weighted by Gasteiger charge is 2.50. The van der Waals surface area contributed by atoms with E-state index in [1.807, 2.05) is 0 Å². The Hall–Kier alpha value is -8.93. The quantitative estimate of drug-likeness (QED) is 0.0946. The molecule has 0 aliphatic heterocycles. The average molecular weight is 1080 g/mol. The molecule has 3 aliphatic rings. The smallest absolute Gasteiger partial charge is 0.0828 e. The van der Waals surface area contributed by atoms with E-state index in [0.717, 1.165) is 6.42 Å². The van der Waals surface area contributed by atoms with E-state index in [1.165, 1.54) is 126 Å². The van der Waals surface area contributed by atoms with Gasteiger partial charge in [-0.05, 0) is 123 Å². The fraction of sp³-hybridized carbons (Fsp3) is 0.100. The minimum absolute atomic E-state index is 0.350. The van der Waals surface area contributed by atoms with E-state index in [2.05, 4.69) is 323 Å². The highest BCUT2D eigenvalue weighted by Crippen LogP contribution is 2.60. The van der Waals surface area contributed by atoms with Gasteiger partial charge in [-0.15, -0.1) is 0 Å². The molecule has 0 fully saturated rings. The molecular weight excluding hydrogens is 1020 g/mol. The number of benzene rings is 12. The zero-order valence-electron chi connectivity index (χ0n) is 47.1. The topological polar surface area (TPSA) is 0 Å². The molecule has 0 saturated heterocycles. The summed E-state index contributed by atoms with van der Waals surface area (Å²) in [4.78, 5) is 0. The van der Waals surface area contributed by atoms with Crippen LogP contribution in [0.2, 0.25) is 31.7 Å². The van der Waals surface area contributed by atoms with Gasteiger partial charge < -0.3 is 0 Å². The van der Waals surface area contributed by atoms with E-state index in [-0.39, 0.29) is 5.41 Å². The van der Waals surface area contributed by atoms with Crippen LogP contribution in [-0.4, -0.2) is 16.1 Å². The Bertz CT molecular complexity index is 4360. The van der Waals surface area contributed by atoms with Gasteiger partial charge in [0.25, 0.3) is 0 Å². The van der Waals surface area contributed by atoms with E-state index >= 15 is 0 Å². The SMILES string of the molecule is C[Si](C)(c1ccc(-c2c3ccccc3c(-c3ccc([Si](C)(C)C4C=CC5=C(C4)C(c4ccccc4)(c4ccccc4)c4ccccc45)cc3)c3ccccc23)cc1)c1ccc2c(c1)C(c1ccccc1)(c1ccccc1)c1ccccc1-2. The zero-order valence-corrected chi connectivity index (χ0v) is 49.1. The van der Waals surface area contributed by atoms with E-state index in [0.29, 0.717) is 5.54 Å². The third kappa shape index (κ3) is 7.41. The lowest BCUT2D eigenvalue weighted by Gasteiger charge is -2.40. The summed E-state index contributed by atoms with van der Waals surface area (Å²) in [6, 6.07) is 108. The first-order chi connectivity index (χ1) is 40.2. The van der Waals surface area contributed by atoms with Gasteiger partial charge in [-0.1, -0.05) is 339 Å². The molecule has 82 heavy (non-hydrogen) atoms. The van der Waals surface area contributed by atoms with Crippen molar-refractivity contribution in [2.75, 3.05) is 0 Å². The first kappa shape index (κ1) is 50.1. The molecule has 0 spiro atoms. The zero-order chi connectivity index (χ0) is 55.2. The Morgan fingerprint density at radius 1 is 0.329 bits per heavy atom. The predicted molar refractivity (Wildman–Crippen MR) is 354 cm³/mol. The lowest BCUT2D eigenvalue weighted by molar-refractivity contribution is 0.692. The molecule has 12 aromatic carbocycles. The molecule has 0 radical (unpaired) electrons. The monoisotopic (exact) mass is 1080 g/mol. The molecule has 1 unspecified atom stereocenters. The van der Waals surface area contributed by atoms with Crippen molar-refractivity contribution in [3.63, 3.8) is 0 Å². The summed E-state index contributed by atoms with van der Waals surface area (Å²) >= 11 is 0. The van der Waals surface area contributed by atoms with Crippen LogP contribution in [0.1, 0.15) is 50.9 Å². The second-order valence-electron chi connectivity index (χ2n) is 24.2. The van der Waals surface area contributed by atoms with Crippen molar-refractivity contribution >= 4 is 58.8 Å². The van der Waals surface area contributed by atoms with E-state index in [9.17, 15) is 0 Å². The maximum Gasteiger partial charge on any atom is 0.112 e. The summed E-state index contributed by atoms with van der Waals surface area (Å²) in [7, 11) is -4.34. The van der Waals surface area contributed by atoms with E-state index < -0.39 is 21.6 Å². The van der Waals surface area contributed by atoms with Crippen LogP contribution in [0.15, 0.2) is 303 Å². The second-order valence-corrected chi connectivity index (χ2v) is 33.4. The van der Waals surface area contributed by atoms with E-state index in [4.69, 9.17) is 0 Å². The summed E-state index contributed by atoms with van der Waals surface area (Å²) in [5, 5.41) is 9.49. The molecule has 392 valence electrons. The number of allylic oxidation sites excluding steroid dienone is 4. The maximum atomic E-state index is 2.60. The Balaban J connectivity index is 0.774. The van der Waals surface area contributed by atoms with Crippen LogP contribution in [0, 0.1) is 0 Å². The van der Waals surface area contributed by atoms with Crippen LogP contribution in [0.3, 0.4) is 0 Å². The van der Waals surface area contributed by atoms with Gasteiger partial charge in [0.05, 0.1) is 18.9 Å². The molecule has 0 N–H and O–H groups in total. The minimum atomic E-state index is -2.24. The van der Waals surface area contributed by atoms with Crippen LogP contribution >= 0.6 is 0 Å². The van der Waals surface area contributed by atoms with Gasteiger partial charge in [0.2, 0.25) is 0 Å². The lowest BCUT2D eigenvalue weighted by Crippen LogP contribution is -2.53. The van der Waals surface area contributed by atoms with E-state index in [1.54, 1.807) is 0 Å². The Kier molecular flexibility index (Phi) is 11.8. The van der Waals surface area contributed by atoms with Crippen molar-refractivity contribution in [2.45, 2.75) is 49.0 Å². The molecule has 12 aromatic rings. The van der Waals surface area contributed by atoms with Crippen molar-refractivity contribution in [1.29, 1.82) is 0 Å². The van der Waals surface area contributed by atoms with Crippen molar-refractivity contribution in [3.05, 3.63) is 347 Å². The Labute approximate surface area is 485 Å². The third-order valence-corrected chi connectivity index (χ3v) is 27.2. The van der Waals surface area contributed by atoms with Gasteiger partial charge in [0, 0.05) is 0 Å². The summed E-state index contributed by atoms with van der Waals surface area (Å²) < 4.78 is 0. The van der Waals surface area contributed by atoms with Crippen LogP contribution in [0.5, 0.6) is 0 Å². The molecule has 0 bridgehead atoms. The molecule has 15 rings (SSSR count). The van der Waals surface area contributed by atoms with Gasteiger partial charge in [-0.25, -0.2) is 0 Å². The summed E-state index contributed by atoms with van der Waals surface area (Å²) in [6.45, 7) is 10.3. The summed E-state index contributed by atoms with van der Waals surface area (Å²) in [5.41, 5.74) is 21.1. The first-order valence-corrected chi connectivity index (χ1v) is 35.4. The predicted octanol–water partition coefficient (Wildman–Crippen LogP) is 18.6. The van der Waals surface area contributed by atoms with Gasteiger partial charge in [-0.2, -0.15) is 0 Å². The fourth-order valence-corrected chi connectivity index (χ4v) is 20.4. The maximum absolute atomic E-state index is 2.60. The molecule has 0 saturated carbocycles. The van der Waals surface area contributed by atoms with Gasteiger partial charge in [-0.3, -0.25) is 0 Å². The third-order valence-electron chi connectivity index (χ3n) is 19.6. The molecule has 0 heterocycles. The fourth-order valence-electron chi connectivity index (χ4n) is 15.3. The van der Waals surface area contributed by atoms with Crippen LogP contribution in [0.4, 0.5) is 0 Å². The first-order valence-electron chi connectivity index (χ1n) is 29.3. The second kappa shape index (κ2) is 19.4. The van der Waals surface area contributed by atoms with Crippen LogP contribution < -0.4 is 15.6 Å². The largest absolute Gasteiger partial charge is 0.112 e. The van der Waals surface area contributed by atoms with Gasteiger partial charge in [0.1, 0.15) is 8.07 Å². The standard InChI is InChI=1S/C80H64Si2/c1-81(2,63-49-51-67-65-33-21-23-39-73(65)79(75(67)53-63,57-25-9-5-10-26-57)58-27-11-6-12-28-58)61-45-41-55(42-46-61)77-69-35-17-19-37-71(69)78(72-38-20-18-36-70(72)77)56-43-47-62(48-44-56)82(3,4)64-50-52-68-66-34-22-24-40-74(66)80(76(68)54-64,59-29-13-7-14-30-59)60-31-15-8-16-32-60/h5-53,64H,54H2,1-4H3. The molecule has 3 aliphatic carbocycles. The normalized spacial score (nSPS) is 15.7. The molecule has 1 atom stereocenters. The Morgan fingerprint density at radius 3 is 1.20 bits per heavy atom. The van der Waals surface area contributed by atoms with Crippen molar-refractivity contribution in [1.82, 2.24) is 0 Å². The summed E-state index contributed by atoms with van der Waals surface area (Å²) in [5.74, 6) is 0. The van der Waals surface area contributed by atoms with Crippen LogP contribution in [-0.2, 0) is 10.8 Å². The molecule has 2 heteroatoms. The van der Waals surface area contributed by atoms with Crippen molar-refractivity contribution in [3.8, 4) is 33.4 Å². The number of fused-ring (bicyclic) bond motifs is 7. The number of hydrogen-bond donors (Lipinski definition) is 0. The van der Waals surface area contributed by atoms with Crippen molar-refractivity contribution < 1.29 is 0 Å². The van der Waals surface area contributed by atoms with Gasteiger partial charge >= 0.3 is 0 Å². The lowest BCUT2D eigenvalue weighted by atomic mass is 9.65. The minimum Gasteiger partial charge on any atom is -0.0828 e. The molecule has 0 amide bonds. The van der Waals surface area contributed by atoms with Crippen LogP contribution in [0.25, 0.3) is 60.5 Å². The molecular formula is C80H64Si2. The van der Waals surface area contributed by atoms with Gasteiger partial charge in [0.15, 0.2) is 0 Å². The molecule has 0 aromatic heterocycles. The highest BCUT2D eigenvalue weighted by molar-refractivity contribution is 7.00.